The lowest BCUT2D eigenvalue weighted by molar-refractivity contribution is -0.139. The molecule has 0 unspecified atom stereocenters. The Labute approximate surface area is 91.7 Å². The summed E-state index contributed by atoms with van der Waals surface area (Å²) in [6.45, 7) is 0.252. The van der Waals surface area contributed by atoms with E-state index in [1.165, 1.54) is 12.4 Å². The van der Waals surface area contributed by atoms with Gasteiger partial charge in [0, 0.05) is 24.4 Å². The summed E-state index contributed by atoms with van der Waals surface area (Å²) < 4.78 is 38.4. The standard InChI is InChI=1S/C11H13F3N2/c12-11(13,14)8-2-5-16-6-9(8)10(7-15)3-1-4-10/h2,5-6H,1,3-4,7,15H2. The van der Waals surface area contributed by atoms with Crippen molar-refractivity contribution in [2.45, 2.75) is 30.9 Å². The first-order valence-electron chi connectivity index (χ1n) is 5.21. The van der Waals surface area contributed by atoms with Crippen molar-refractivity contribution in [2.24, 2.45) is 5.73 Å². The van der Waals surface area contributed by atoms with Gasteiger partial charge in [0.15, 0.2) is 0 Å². The summed E-state index contributed by atoms with van der Waals surface area (Å²) in [4.78, 5) is 3.80. The molecule has 16 heavy (non-hydrogen) atoms. The Balaban J connectivity index is 2.48. The molecular weight excluding hydrogens is 217 g/mol. The molecule has 1 saturated carbocycles. The first-order chi connectivity index (χ1) is 7.49. The van der Waals surface area contributed by atoms with Gasteiger partial charge in [0.2, 0.25) is 0 Å². The molecule has 1 aliphatic rings. The van der Waals surface area contributed by atoms with E-state index in [1.54, 1.807) is 0 Å². The maximum atomic E-state index is 12.8. The number of pyridine rings is 1. The molecule has 1 heterocycles. The molecule has 0 aromatic carbocycles. The van der Waals surface area contributed by atoms with Crippen LogP contribution >= 0.6 is 0 Å². The topological polar surface area (TPSA) is 38.9 Å². The lowest BCUT2D eigenvalue weighted by atomic mass is 9.64. The van der Waals surface area contributed by atoms with E-state index in [4.69, 9.17) is 5.73 Å². The largest absolute Gasteiger partial charge is 0.416 e. The Bertz CT molecular complexity index is 378. The maximum absolute atomic E-state index is 12.8. The third-order valence-electron chi connectivity index (χ3n) is 3.40. The highest BCUT2D eigenvalue weighted by Crippen LogP contribution is 2.46. The van der Waals surface area contributed by atoms with Crippen LogP contribution in [0.15, 0.2) is 18.5 Å². The third-order valence-corrected chi connectivity index (χ3v) is 3.40. The Kier molecular flexibility index (Phi) is 2.66. The number of rotatable bonds is 2. The van der Waals surface area contributed by atoms with Crippen molar-refractivity contribution >= 4 is 0 Å². The average molecular weight is 230 g/mol. The quantitative estimate of drug-likeness (QED) is 0.847. The molecule has 5 heteroatoms. The molecular formula is C11H13F3N2. The van der Waals surface area contributed by atoms with E-state index in [9.17, 15) is 13.2 Å². The summed E-state index contributed by atoms with van der Waals surface area (Å²) in [7, 11) is 0. The van der Waals surface area contributed by atoms with Crippen LogP contribution in [0.3, 0.4) is 0 Å². The van der Waals surface area contributed by atoms with Crippen LogP contribution in [-0.4, -0.2) is 11.5 Å². The van der Waals surface area contributed by atoms with Crippen LogP contribution in [0, 0.1) is 0 Å². The molecule has 0 amide bonds. The van der Waals surface area contributed by atoms with Crippen molar-refractivity contribution < 1.29 is 13.2 Å². The lowest BCUT2D eigenvalue weighted by Gasteiger charge is -2.42. The molecule has 1 aromatic heterocycles. The fourth-order valence-electron chi connectivity index (χ4n) is 2.25. The third kappa shape index (κ3) is 1.69. The zero-order valence-corrected chi connectivity index (χ0v) is 8.72. The molecule has 0 bridgehead atoms. The summed E-state index contributed by atoms with van der Waals surface area (Å²) in [5.74, 6) is 0. The van der Waals surface area contributed by atoms with Crippen molar-refractivity contribution in [1.82, 2.24) is 4.98 Å². The fraction of sp³-hybridized carbons (Fsp3) is 0.545. The van der Waals surface area contributed by atoms with Gasteiger partial charge < -0.3 is 5.73 Å². The number of halogens is 3. The zero-order chi connectivity index (χ0) is 11.8. The van der Waals surface area contributed by atoms with Gasteiger partial charge in [-0.2, -0.15) is 13.2 Å². The minimum absolute atomic E-state index is 0.252. The molecule has 2 nitrogen and oxygen atoms in total. The number of hydrogen-bond donors (Lipinski definition) is 1. The van der Waals surface area contributed by atoms with Crippen LogP contribution in [0.2, 0.25) is 0 Å². The predicted molar refractivity (Wildman–Crippen MR) is 53.8 cm³/mol. The maximum Gasteiger partial charge on any atom is 0.416 e. The molecule has 0 aliphatic heterocycles. The molecule has 1 aromatic rings. The Morgan fingerprint density at radius 2 is 2.06 bits per heavy atom. The van der Waals surface area contributed by atoms with Crippen molar-refractivity contribution in [1.29, 1.82) is 0 Å². The second kappa shape index (κ2) is 3.73. The summed E-state index contributed by atoms with van der Waals surface area (Å²) >= 11 is 0. The van der Waals surface area contributed by atoms with E-state index in [2.05, 4.69) is 4.98 Å². The summed E-state index contributed by atoms with van der Waals surface area (Å²) in [5, 5.41) is 0. The smallest absolute Gasteiger partial charge is 0.330 e. The van der Waals surface area contributed by atoms with Crippen molar-refractivity contribution in [2.75, 3.05) is 6.54 Å². The molecule has 2 rings (SSSR count). The van der Waals surface area contributed by atoms with Gasteiger partial charge in [-0.1, -0.05) is 6.42 Å². The zero-order valence-electron chi connectivity index (χ0n) is 8.72. The minimum atomic E-state index is -4.32. The van der Waals surface area contributed by atoms with Crippen LogP contribution in [-0.2, 0) is 11.6 Å². The van der Waals surface area contributed by atoms with E-state index in [0.717, 1.165) is 25.3 Å². The molecule has 0 spiro atoms. The molecule has 2 N–H and O–H groups in total. The number of hydrogen-bond acceptors (Lipinski definition) is 2. The SMILES string of the molecule is NCC1(c2cnccc2C(F)(F)F)CCC1. The highest BCUT2D eigenvalue weighted by Gasteiger charge is 2.44. The van der Waals surface area contributed by atoms with Gasteiger partial charge in [0.1, 0.15) is 0 Å². The summed E-state index contributed by atoms with van der Waals surface area (Å²) in [6.07, 6.45) is 0.542. The molecule has 0 atom stereocenters. The number of alkyl halides is 3. The van der Waals surface area contributed by atoms with E-state index < -0.39 is 17.2 Å². The fourth-order valence-corrected chi connectivity index (χ4v) is 2.25. The van der Waals surface area contributed by atoms with Gasteiger partial charge >= 0.3 is 6.18 Å². The lowest BCUT2D eigenvalue weighted by Crippen LogP contribution is -2.43. The second-order valence-corrected chi connectivity index (χ2v) is 4.26. The van der Waals surface area contributed by atoms with Gasteiger partial charge in [0.25, 0.3) is 0 Å². The highest BCUT2D eigenvalue weighted by atomic mass is 19.4. The molecule has 0 saturated heterocycles. The average Bonchev–Trinajstić information content (AvgIpc) is 2.16. The Morgan fingerprint density at radius 1 is 1.38 bits per heavy atom. The van der Waals surface area contributed by atoms with Crippen molar-refractivity contribution in [3.63, 3.8) is 0 Å². The molecule has 0 radical (unpaired) electrons. The summed E-state index contributed by atoms with van der Waals surface area (Å²) in [5.41, 5.74) is 4.79. The molecule has 1 fully saturated rings. The van der Waals surface area contributed by atoms with E-state index in [-0.39, 0.29) is 12.1 Å². The predicted octanol–water partition coefficient (Wildman–Crippen LogP) is 2.48. The highest BCUT2D eigenvalue weighted by molar-refractivity contribution is 5.36. The minimum Gasteiger partial charge on any atom is -0.330 e. The summed E-state index contributed by atoms with van der Waals surface area (Å²) in [6, 6.07) is 1.03. The molecule has 1 aliphatic carbocycles. The number of aromatic nitrogens is 1. The van der Waals surface area contributed by atoms with Crippen LogP contribution in [0.4, 0.5) is 13.2 Å². The second-order valence-electron chi connectivity index (χ2n) is 4.26. The van der Waals surface area contributed by atoms with Gasteiger partial charge in [-0.3, -0.25) is 4.98 Å². The van der Waals surface area contributed by atoms with Crippen molar-refractivity contribution in [3.8, 4) is 0 Å². The van der Waals surface area contributed by atoms with Crippen LogP contribution in [0.1, 0.15) is 30.4 Å². The first kappa shape index (κ1) is 11.4. The molecule has 88 valence electrons. The van der Waals surface area contributed by atoms with Crippen molar-refractivity contribution in [3.05, 3.63) is 29.6 Å². The van der Waals surface area contributed by atoms with Crippen LogP contribution in [0.25, 0.3) is 0 Å². The van der Waals surface area contributed by atoms with E-state index in [0.29, 0.717) is 0 Å². The van der Waals surface area contributed by atoms with Gasteiger partial charge in [-0.05, 0) is 24.5 Å². The van der Waals surface area contributed by atoms with Gasteiger partial charge in [-0.15, -0.1) is 0 Å². The Morgan fingerprint density at radius 3 is 2.50 bits per heavy atom. The number of nitrogens with zero attached hydrogens (tertiary/aromatic N) is 1. The van der Waals surface area contributed by atoms with E-state index in [1.807, 2.05) is 0 Å². The van der Waals surface area contributed by atoms with Crippen LogP contribution in [0.5, 0.6) is 0 Å². The Hall–Kier alpha value is -1.10. The van der Waals surface area contributed by atoms with Gasteiger partial charge in [0.05, 0.1) is 5.56 Å². The normalized spacial score (nSPS) is 19.2. The van der Waals surface area contributed by atoms with E-state index >= 15 is 0 Å². The number of nitrogens with two attached hydrogens (primary N) is 1. The van der Waals surface area contributed by atoms with Gasteiger partial charge in [-0.25, -0.2) is 0 Å². The first-order valence-corrected chi connectivity index (χ1v) is 5.21. The monoisotopic (exact) mass is 230 g/mol. The van der Waals surface area contributed by atoms with Crippen LogP contribution < -0.4 is 5.73 Å².